The van der Waals surface area contributed by atoms with Gasteiger partial charge in [-0.2, -0.15) is 5.10 Å². The Morgan fingerprint density at radius 1 is 1.15 bits per heavy atom. The van der Waals surface area contributed by atoms with Crippen LogP contribution in [0, 0.1) is 17.0 Å². The number of nitrogens with one attached hydrogen (secondary N) is 1. The fourth-order valence-electron chi connectivity index (χ4n) is 2.64. The van der Waals surface area contributed by atoms with Crippen molar-refractivity contribution in [2.24, 2.45) is 5.10 Å². The number of carbonyl (C=O) groups excluding carboxylic acids is 2. The molecule has 0 aliphatic carbocycles. The summed E-state index contributed by atoms with van der Waals surface area (Å²) < 4.78 is 20.7. The predicted molar refractivity (Wildman–Crippen MR) is 116 cm³/mol. The first-order valence-corrected chi connectivity index (χ1v) is 9.51. The second-order valence-electron chi connectivity index (χ2n) is 6.59. The molecule has 170 valence electrons. The van der Waals surface area contributed by atoms with Crippen LogP contribution in [0.4, 0.5) is 5.69 Å². The molecule has 0 saturated carbocycles. The third kappa shape index (κ3) is 6.17. The van der Waals surface area contributed by atoms with Crippen molar-refractivity contribution >= 4 is 23.8 Å². The van der Waals surface area contributed by atoms with E-state index >= 15 is 0 Å². The Morgan fingerprint density at radius 3 is 2.64 bits per heavy atom. The molecule has 0 unspecified atom stereocenters. The molecule has 33 heavy (non-hydrogen) atoms. The van der Waals surface area contributed by atoms with Crippen LogP contribution >= 0.6 is 0 Å². The maximum absolute atomic E-state index is 12.0. The minimum Gasteiger partial charge on any atom is -0.493 e. The number of rotatable bonds is 9. The van der Waals surface area contributed by atoms with Crippen LogP contribution in [-0.2, 0) is 4.79 Å². The molecule has 1 amide bonds. The van der Waals surface area contributed by atoms with Crippen LogP contribution < -0.4 is 19.6 Å². The van der Waals surface area contributed by atoms with Gasteiger partial charge in [-0.1, -0.05) is 6.07 Å². The summed E-state index contributed by atoms with van der Waals surface area (Å²) in [7, 11) is 1.41. The molecule has 0 radical (unpaired) electrons. The molecular formula is C22H19N3O8. The molecular weight excluding hydrogens is 434 g/mol. The molecule has 1 heterocycles. The molecule has 0 spiro atoms. The standard InChI is InChI=1S/C22H19N3O8/c1-14-5-7-17(16(10-14)25(28)29)32-13-21(26)24-23-12-15-6-8-18(20(11-15)30-2)33-22(27)19-4-3-9-31-19/h3-12H,13H2,1-2H3,(H,24,26)/b23-12-. The number of ether oxygens (including phenoxy) is 3. The lowest BCUT2D eigenvalue weighted by atomic mass is 10.2. The Kier molecular flexibility index (Phi) is 7.37. The minimum absolute atomic E-state index is 0.0193. The molecule has 0 aliphatic rings. The average molecular weight is 453 g/mol. The number of hydrogen-bond acceptors (Lipinski definition) is 9. The molecule has 3 rings (SSSR count). The van der Waals surface area contributed by atoms with E-state index in [0.29, 0.717) is 11.1 Å². The normalized spacial score (nSPS) is 10.6. The van der Waals surface area contributed by atoms with E-state index in [9.17, 15) is 19.7 Å². The van der Waals surface area contributed by atoms with E-state index in [2.05, 4.69) is 10.5 Å². The number of nitrogens with zero attached hydrogens (tertiary/aromatic N) is 2. The molecule has 3 aromatic rings. The molecule has 0 bridgehead atoms. The smallest absolute Gasteiger partial charge is 0.379 e. The number of benzene rings is 2. The summed E-state index contributed by atoms with van der Waals surface area (Å²) in [6.45, 7) is 1.25. The number of nitro benzene ring substituents is 1. The van der Waals surface area contributed by atoms with Crippen molar-refractivity contribution in [2.45, 2.75) is 6.92 Å². The summed E-state index contributed by atoms with van der Waals surface area (Å²) >= 11 is 0. The van der Waals surface area contributed by atoms with Crippen molar-refractivity contribution in [1.82, 2.24) is 5.43 Å². The van der Waals surface area contributed by atoms with Crippen molar-refractivity contribution in [3.63, 3.8) is 0 Å². The van der Waals surface area contributed by atoms with E-state index in [4.69, 9.17) is 18.6 Å². The molecule has 11 nitrogen and oxygen atoms in total. The van der Waals surface area contributed by atoms with E-state index in [1.165, 1.54) is 43.9 Å². The maximum Gasteiger partial charge on any atom is 0.379 e. The number of furan rings is 1. The van der Waals surface area contributed by atoms with Gasteiger partial charge >= 0.3 is 11.7 Å². The quantitative estimate of drug-likeness (QED) is 0.171. The molecule has 2 aromatic carbocycles. The van der Waals surface area contributed by atoms with E-state index in [-0.39, 0.29) is 28.7 Å². The molecule has 1 N–H and O–H groups in total. The summed E-state index contributed by atoms with van der Waals surface area (Å²) in [6, 6.07) is 12.1. The summed E-state index contributed by atoms with van der Waals surface area (Å²) in [5.41, 5.74) is 3.27. The van der Waals surface area contributed by atoms with Gasteiger partial charge in [-0.15, -0.1) is 0 Å². The Bertz CT molecular complexity index is 1190. The molecule has 0 aliphatic heterocycles. The van der Waals surface area contributed by atoms with Gasteiger partial charge in [-0.25, -0.2) is 10.2 Å². The van der Waals surface area contributed by atoms with Gasteiger partial charge in [0.15, 0.2) is 23.9 Å². The maximum atomic E-state index is 12.0. The Balaban J connectivity index is 1.57. The van der Waals surface area contributed by atoms with Crippen LogP contribution in [0.1, 0.15) is 21.7 Å². The number of esters is 1. The zero-order valence-corrected chi connectivity index (χ0v) is 17.6. The number of hydrogen-bond donors (Lipinski definition) is 1. The van der Waals surface area contributed by atoms with Crippen LogP contribution in [-0.4, -0.2) is 36.7 Å². The molecule has 0 saturated heterocycles. The third-order valence-corrected chi connectivity index (χ3v) is 4.19. The molecule has 11 heteroatoms. The highest BCUT2D eigenvalue weighted by molar-refractivity contribution is 5.89. The lowest BCUT2D eigenvalue weighted by molar-refractivity contribution is -0.385. The number of aryl methyl sites for hydroxylation is 1. The van der Waals surface area contributed by atoms with E-state index in [0.717, 1.165) is 0 Å². The monoisotopic (exact) mass is 453 g/mol. The van der Waals surface area contributed by atoms with Crippen molar-refractivity contribution < 1.29 is 33.1 Å². The van der Waals surface area contributed by atoms with E-state index in [1.807, 2.05) is 0 Å². The lowest BCUT2D eigenvalue weighted by Gasteiger charge is -2.09. The Labute approximate surface area is 187 Å². The highest BCUT2D eigenvalue weighted by Gasteiger charge is 2.17. The molecule has 1 aromatic heterocycles. The number of hydrazone groups is 1. The van der Waals surface area contributed by atoms with Crippen LogP contribution in [0.5, 0.6) is 17.2 Å². The summed E-state index contributed by atoms with van der Waals surface area (Å²) in [4.78, 5) is 34.5. The van der Waals surface area contributed by atoms with Gasteiger partial charge < -0.3 is 18.6 Å². The number of carbonyl (C=O) groups is 2. The van der Waals surface area contributed by atoms with Crippen molar-refractivity contribution in [3.05, 3.63) is 81.8 Å². The van der Waals surface area contributed by atoms with Gasteiger partial charge in [-0.3, -0.25) is 14.9 Å². The first-order chi connectivity index (χ1) is 15.9. The van der Waals surface area contributed by atoms with E-state index in [1.54, 1.807) is 31.2 Å². The van der Waals surface area contributed by atoms with Crippen molar-refractivity contribution in [1.29, 1.82) is 0 Å². The van der Waals surface area contributed by atoms with Crippen molar-refractivity contribution in [2.75, 3.05) is 13.7 Å². The fourth-order valence-corrected chi connectivity index (χ4v) is 2.64. The van der Waals surface area contributed by atoms with Crippen LogP contribution in [0.2, 0.25) is 0 Å². The number of methoxy groups -OCH3 is 1. The predicted octanol–water partition coefficient (Wildman–Crippen LogP) is 3.25. The van der Waals surface area contributed by atoms with Crippen molar-refractivity contribution in [3.8, 4) is 17.2 Å². The average Bonchev–Trinajstić information content (AvgIpc) is 3.34. The second kappa shape index (κ2) is 10.6. The highest BCUT2D eigenvalue weighted by atomic mass is 16.6. The largest absolute Gasteiger partial charge is 0.493 e. The lowest BCUT2D eigenvalue weighted by Crippen LogP contribution is -2.24. The highest BCUT2D eigenvalue weighted by Crippen LogP contribution is 2.29. The van der Waals surface area contributed by atoms with Gasteiger partial charge in [0.05, 0.1) is 24.5 Å². The number of amides is 1. The van der Waals surface area contributed by atoms with Gasteiger partial charge in [0.1, 0.15) is 0 Å². The van der Waals surface area contributed by atoms with Gasteiger partial charge in [0.2, 0.25) is 5.76 Å². The summed E-state index contributed by atoms with van der Waals surface area (Å²) in [5.74, 6) is -0.830. The van der Waals surface area contributed by atoms with Gasteiger partial charge in [-0.05, 0) is 54.4 Å². The molecule has 0 fully saturated rings. The minimum atomic E-state index is -0.680. The SMILES string of the molecule is COc1cc(/C=N\NC(=O)COc2ccc(C)cc2[N+](=O)[O-])ccc1OC(=O)c1ccco1. The van der Waals surface area contributed by atoms with Gasteiger partial charge in [0.25, 0.3) is 5.91 Å². The van der Waals surface area contributed by atoms with Crippen LogP contribution in [0.3, 0.4) is 0 Å². The van der Waals surface area contributed by atoms with Crippen LogP contribution in [0.25, 0.3) is 0 Å². The first kappa shape index (κ1) is 23.0. The number of nitro groups is 1. The molecule has 0 atom stereocenters. The summed E-state index contributed by atoms with van der Waals surface area (Å²) in [5, 5.41) is 14.9. The Morgan fingerprint density at radius 2 is 1.94 bits per heavy atom. The first-order valence-electron chi connectivity index (χ1n) is 9.51. The Hall–Kier alpha value is -4.67. The topological polar surface area (TPSA) is 142 Å². The van der Waals surface area contributed by atoms with E-state index < -0.39 is 23.4 Å². The fraction of sp³-hybridized carbons (Fsp3) is 0.136. The summed E-state index contributed by atoms with van der Waals surface area (Å²) in [6.07, 6.45) is 2.70. The zero-order valence-electron chi connectivity index (χ0n) is 17.6. The van der Waals surface area contributed by atoms with Gasteiger partial charge in [0, 0.05) is 6.07 Å². The zero-order chi connectivity index (χ0) is 23.8. The van der Waals surface area contributed by atoms with Crippen LogP contribution in [0.15, 0.2) is 64.3 Å². The third-order valence-electron chi connectivity index (χ3n) is 4.19. The second-order valence-corrected chi connectivity index (χ2v) is 6.59.